The summed E-state index contributed by atoms with van der Waals surface area (Å²) < 4.78 is 0. The van der Waals surface area contributed by atoms with Crippen molar-refractivity contribution in [1.29, 1.82) is 0 Å². The van der Waals surface area contributed by atoms with Crippen molar-refractivity contribution in [3.63, 3.8) is 0 Å². The number of anilines is 1. The lowest BCUT2D eigenvalue weighted by molar-refractivity contribution is 0.0956. The van der Waals surface area contributed by atoms with Gasteiger partial charge < -0.3 is 15.5 Å². The molecule has 1 atom stereocenters. The Balaban J connectivity index is 1.92. The summed E-state index contributed by atoms with van der Waals surface area (Å²) in [5, 5.41) is 6.29. The zero-order chi connectivity index (χ0) is 14.4. The van der Waals surface area contributed by atoms with E-state index in [2.05, 4.69) is 22.6 Å². The molecule has 1 heterocycles. The molecule has 1 aromatic carbocycles. The Morgan fingerprint density at radius 3 is 3.00 bits per heavy atom. The number of likely N-dealkylation sites (N-methyl/N-ethyl adjacent to an activating group) is 1. The molecule has 2 N–H and O–H groups in total. The molecule has 0 aromatic heterocycles. The highest BCUT2D eigenvalue weighted by atomic mass is 16.1. The molecule has 20 heavy (non-hydrogen) atoms. The molecule has 110 valence electrons. The van der Waals surface area contributed by atoms with E-state index in [0.29, 0.717) is 18.2 Å². The maximum Gasteiger partial charge on any atom is 0.251 e. The van der Waals surface area contributed by atoms with E-state index in [4.69, 9.17) is 0 Å². The number of benzene rings is 1. The van der Waals surface area contributed by atoms with Gasteiger partial charge in [0.1, 0.15) is 0 Å². The molecule has 2 rings (SSSR count). The number of hydrogen-bond donors (Lipinski definition) is 2. The van der Waals surface area contributed by atoms with Gasteiger partial charge in [-0.3, -0.25) is 4.79 Å². The largest absolute Gasteiger partial charge is 0.383 e. The number of rotatable bonds is 5. The molecule has 1 aliphatic rings. The Hall–Kier alpha value is -1.55. The van der Waals surface area contributed by atoms with Crippen LogP contribution < -0.4 is 10.6 Å². The lowest BCUT2D eigenvalue weighted by Gasteiger charge is -2.32. The molecule has 0 spiro atoms. The molecule has 0 saturated carbocycles. The van der Waals surface area contributed by atoms with Crippen molar-refractivity contribution in [2.75, 3.05) is 32.0 Å². The minimum atomic E-state index is -0.00839. The molecule has 1 saturated heterocycles. The van der Waals surface area contributed by atoms with Gasteiger partial charge in [0, 0.05) is 30.4 Å². The summed E-state index contributed by atoms with van der Waals surface area (Å²) in [5.41, 5.74) is 1.74. The Bertz CT molecular complexity index is 447. The molecule has 0 radical (unpaired) electrons. The highest BCUT2D eigenvalue weighted by molar-refractivity contribution is 5.95. The fraction of sp³-hybridized carbons (Fsp3) is 0.562. The zero-order valence-electron chi connectivity index (χ0n) is 12.5. The van der Waals surface area contributed by atoms with Gasteiger partial charge in [-0.1, -0.05) is 12.5 Å². The number of nitrogens with zero attached hydrogens (tertiary/aromatic N) is 1. The molecule has 0 bridgehead atoms. The lowest BCUT2D eigenvalue weighted by Crippen LogP contribution is -2.40. The molecular weight excluding hydrogens is 250 g/mol. The minimum Gasteiger partial charge on any atom is -0.383 e. The van der Waals surface area contributed by atoms with Crippen LogP contribution in [0.25, 0.3) is 0 Å². The van der Waals surface area contributed by atoms with Crippen LogP contribution in [0.2, 0.25) is 0 Å². The van der Waals surface area contributed by atoms with Crippen molar-refractivity contribution in [1.82, 2.24) is 10.2 Å². The summed E-state index contributed by atoms with van der Waals surface area (Å²) in [6.45, 7) is 4.71. The lowest BCUT2D eigenvalue weighted by atomic mass is 10.0. The fourth-order valence-corrected chi connectivity index (χ4v) is 2.67. The van der Waals surface area contributed by atoms with E-state index in [-0.39, 0.29) is 5.91 Å². The zero-order valence-corrected chi connectivity index (χ0v) is 12.5. The number of likely N-dealkylation sites (tertiary alicyclic amines) is 1. The standard InChI is InChI=1S/C16H25N3O/c1-3-17-16(20)13-7-6-8-14(11-13)18-12-15-9-4-5-10-19(15)2/h6-8,11,15,18H,3-5,9-10,12H2,1-2H3,(H,17,20). The highest BCUT2D eigenvalue weighted by Crippen LogP contribution is 2.17. The second kappa shape index (κ2) is 7.29. The minimum absolute atomic E-state index is 0.00839. The summed E-state index contributed by atoms with van der Waals surface area (Å²) >= 11 is 0. The maximum atomic E-state index is 11.8. The highest BCUT2D eigenvalue weighted by Gasteiger charge is 2.18. The first-order valence-electron chi connectivity index (χ1n) is 7.53. The van der Waals surface area contributed by atoms with Crippen molar-refractivity contribution in [2.45, 2.75) is 32.2 Å². The monoisotopic (exact) mass is 275 g/mol. The van der Waals surface area contributed by atoms with Crippen molar-refractivity contribution in [2.24, 2.45) is 0 Å². The normalized spacial score (nSPS) is 19.6. The molecule has 1 amide bonds. The number of piperidine rings is 1. The van der Waals surface area contributed by atoms with E-state index in [9.17, 15) is 4.79 Å². The van der Waals surface area contributed by atoms with Gasteiger partial charge in [0.15, 0.2) is 0 Å². The van der Waals surface area contributed by atoms with Crippen molar-refractivity contribution >= 4 is 11.6 Å². The first-order chi connectivity index (χ1) is 9.70. The van der Waals surface area contributed by atoms with Crippen LogP contribution in [0.1, 0.15) is 36.5 Å². The first kappa shape index (κ1) is 14.9. The first-order valence-corrected chi connectivity index (χ1v) is 7.53. The molecule has 1 fully saturated rings. The van der Waals surface area contributed by atoms with Crippen LogP contribution in [0.15, 0.2) is 24.3 Å². The molecule has 4 nitrogen and oxygen atoms in total. The van der Waals surface area contributed by atoms with E-state index in [0.717, 1.165) is 12.2 Å². The quantitative estimate of drug-likeness (QED) is 0.867. The number of amides is 1. The summed E-state index contributed by atoms with van der Waals surface area (Å²) in [5.74, 6) is -0.00839. The van der Waals surface area contributed by atoms with E-state index in [1.165, 1.54) is 25.8 Å². The molecule has 1 aromatic rings. The summed E-state index contributed by atoms with van der Waals surface area (Å²) in [7, 11) is 2.19. The van der Waals surface area contributed by atoms with E-state index in [1.54, 1.807) is 0 Å². The predicted molar refractivity (Wildman–Crippen MR) is 83.2 cm³/mol. The molecule has 0 aliphatic carbocycles. The average Bonchev–Trinajstić information content (AvgIpc) is 2.47. The van der Waals surface area contributed by atoms with Gasteiger partial charge >= 0.3 is 0 Å². The van der Waals surface area contributed by atoms with Crippen molar-refractivity contribution in [3.05, 3.63) is 29.8 Å². The third kappa shape index (κ3) is 3.97. The number of carbonyl (C=O) groups is 1. The van der Waals surface area contributed by atoms with Gasteiger partial charge in [-0.15, -0.1) is 0 Å². The third-order valence-corrected chi connectivity index (χ3v) is 3.93. The summed E-state index contributed by atoms with van der Waals surface area (Å²) in [4.78, 5) is 14.2. The second-order valence-corrected chi connectivity index (χ2v) is 5.45. The number of carbonyl (C=O) groups excluding carboxylic acids is 1. The van der Waals surface area contributed by atoms with Gasteiger partial charge in [-0.05, 0) is 51.6 Å². The van der Waals surface area contributed by atoms with E-state index < -0.39 is 0 Å². The second-order valence-electron chi connectivity index (χ2n) is 5.45. The van der Waals surface area contributed by atoms with Gasteiger partial charge in [0.05, 0.1) is 0 Å². The van der Waals surface area contributed by atoms with Crippen LogP contribution in [0, 0.1) is 0 Å². The number of hydrogen-bond acceptors (Lipinski definition) is 3. The van der Waals surface area contributed by atoms with Gasteiger partial charge in [-0.2, -0.15) is 0 Å². The SMILES string of the molecule is CCNC(=O)c1cccc(NCC2CCCCN2C)c1. The Kier molecular flexibility index (Phi) is 5.41. The van der Waals surface area contributed by atoms with Gasteiger partial charge in [0.25, 0.3) is 5.91 Å². The van der Waals surface area contributed by atoms with Crippen LogP contribution in [0.5, 0.6) is 0 Å². The maximum absolute atomic E-state index is 11.8. The molecule has 4 heteroatoms. The molecule has 1 aliphatic heterocycles. The smallest absolute Gasteiger partial charge is 0.251 e. The Morgan fingerprint density at radius 1 is 1.40 bits per heavy atom. The van der Waals surface area contributed by atoms with Crippen molar-refractivity contribution < 1.29 is 4.79 Å². The van der Waals surface area contributed by atoms with Gasteiger partial charge in [0.2, 0.25) is 0 Å². The van der Waals surface area contributed by atoms with Crippen LogP contribution in [-0.2, 0) is 0 Å². The molecular formula is C16H25N3O. The summed E-state index contributed by atoms with van der Waals surface area (Å²) in [6.07, 6.45) is 3.87. The topological polar surface area (TPSA) is 44.4 Å². The van der Waals surface area contributed by atoms with Crippen LogP contribution in [0.3, 0.4) is 0 Å². The van der Waals surface area contributed by atoms with Crippen LogP contribution in [0.4, 0.5) is 5.69 Å². The third-order valence-electron chi connectivity index (χ3n) is 3.93. The Labute approximate surface area is 121 Å². The van der Waals surface area contributed by atoms with E-state index >= 15 is 0 Å². The summed E-state index contributed by atoms with van der Waals surface area (Å²) in [6, 6.07) is 8.32. The Morgan fingerprint density at radius 2 is 2.25 bits per heavy atom. The van der Waals surface area contributed by atoms with Crippen molar-refractivity contribution in [3.8, 4) is 0 Å². The molecule has 1 unspecified atom stereocenters. The van der Waals surface area contributed by atoms with E-state index in [1.807, 2.05) is 31.2 Å². The van der Waals surface area contributed by atoms with Gasteiger partial charge in [-0.25, -0.2) is 0 Å². The predicted octanol–water partition coefficient (Wildman–Crippen LogP) is 2.33. The fourth-order valence-electron chi connectivity index (χ4n) is 2.67. The average molecular weight is 275 g/mol. The number of nitrogens with one attached hydrogen (secondary N) is 2. The van der Waals surface area contributed by atoms with Crippen LogP contribution >= 0.6 is 0 Å². The van der Waals surface area contributed by atoms with Crippen LogP contribution in [-0.4, -0.2) is 43.5 Å².